The van der Waals surface area contributed by atoms with E-state index in [1.54, 1.807) is 0 Å². The van der Waals surface area contributed by atoms with Crippen LogP contribution in [-0.2, 0) is 29.2 Å². The van der Waals surface area contributed by atoms with Gasteiger partial charge >= 0.3 is 53.4 Å². The average Bonchev–Trinajstić information content (AvgIpc) is 2.91. The second kappa shape index (κ2) is 22.6. The van der Waals surface area contributed by atoms with Crippen molar-refractivity contribution in [3.05, 3.63) is 35.4 Å². The second-order valence-electron chi connectivity index (χ2n) is 9.49. The molecule has 0 amide bonds. The SMILES string of the molecule is CCCCC(CC)COC(=O)CC(C(=O)OCC(CC)CCCC)S(=O)(=O)[O-].O=C(O)c1ccccc1C(=O)O.[Na+]. The van der Waals surface area contributed by atoms with Crippen molar-refractivity contribution in [3.63, 3.8) is 0 Å². The summed E-state index contributed by atoms with van der Waals surface area (Å²) in [6.45, 7) is 8.26. The van der Waals surface area contributed by atoms with Crippen molar-refractivity contribution in [3.8, 4) is 0 Å². The van der Waals surface area contributed by atoms with Crippen LogP contribution in [-0.4, -0.2) is 65.5 Å². The molecule has 41 heavy (non-hydrogen) atoms. The molecule has 0 saturated carbocycles. The summed E-state index contributed by atoms with van der Waals surface area (Å²) in [6, 6.07) is 5.48. The van der Waals surface area contributed by atoms with Crippen molar-refractivity contribution in [2.45, 2.75) is 90.7 Å². The Hall–Kier alpha value is -1.99. The Labute approximate surface area is 265 Å². The van der Waals surface area contributed by atoms with Crippen LogP contribution in [0.5, 0.6) is 0 Å². The third kappa shape index (κ3) is 17.5. The molecule has 0 heterocycles. The minimum Gasteiger partial charge on any atom is -0.747 e. The average molecular weight is 611 g/mol. The maximum Gasteiger partial charge on any atom is 1.00 e. The van der Waals surface area contributed by atoms with Gasteiger partial charge in [-0.3, -0.25) is 9.59 Å². The van der Waals surface area contributed by atoms with E-state index in [4.69, 9.17) is 19.7 Å². The molecule has 0 radical (unpaired) electrons. The Kier molecular flexibility index (Phi) is 22.7. The molecule has 2 N–H and O–H groups in total. The van der Waals surface area contributed by atoms with Gasteiger partial charge in [-0.05, 0) is 36.8 Å². The van der Waals surface area contributed by atoms with Crippen LogP contribution in [0.1, 0.15) is 106 Å². The molecule has 13 heteroatoms. The topological polar surface area (TPSA) is 184 Å². The van der Waals surface area contributed by atoms with Gasteiger partial charge in [0.15, 0.2) is 5.25 Å². The number of carbonyl (C=O) groups is 4. The van der Waals surface area contributed by atoms with Gasteiger partial charge in [-0.25, -0.2) is 18.0 Å². The van der Waals surface area contributed by atoms with Crippen LogP contribution in [0.3, 0.4) is 0 Å². The van der Waals surface area contributed by atoms with Crippen LogP contribution in [0.4, 0.5) is 0 Å². The van der Waals surface area contributed by atoms with Gasteiger partial charge in [0.2, 0.25) is 0 Å². The Balaban J connectivity index is 0. The first-order chi connectivity index (χ1) is 18.8. The van der Waals surface area contributed by atoms with Gasteiger partial charge in [-0.15, -0.1) is 0 Å². The summed E-state index contributed by atoms with van der Waals surface area (Å²) < 4.78 is 44.6. The Morgan fingerprint density at radius 3 is 1.56 bits per heavy atom. The van der Waals surface area contributed by atoms with Crippen LogP contribution in [0, 0.1) is 11.8 Å². The summed E-state index contributed by atoms with van der Waals surface area (Å²) >= 11 is 0. The molecular weight excluding hydrogens is 567 g/mol. The van der Waals surface area contributed by atoms with Gasteiger partial charge in [0, 0.05) is 0 Å². The molecule has 3 unspecified atom stereocenters. The predicted octanol–water partition coefficient (Wildman–Crippen LogP) is 1.90. The summed E-state index contributed by atoms with van der Waals surface area (Å²) in [6.07, 6.45) is 6.58. The Morgan fingerprint density at radius 2 is 1.22 bits per heavy atom. The van der Waals surface area contributed by atoms with E-state index in [0.29, 0.717) is 0 Å². The van der Waals surface area contributed by atoms with E-state index in [2.05, 4.69) is 13.8 Å². The molecule has 3 atom stereocenters. The summed E-state index contributed by atoms with van der Waals surface area (Å²) in [4.78, 5) is 45.1. The van der Waals surface area contributed by atoms with E-state index >= 15 is 0 Å². The maximum atomic E-state index is 12.1. The number of esters is 2. The number of carboxylic acid groups (broad SMARTS) is 2. The number of aromatic carboxylic acids is 2. The molecule has 0 spiro atoms. The van der Waals surface area contributed by atoms with Crippen molar-refractivity contribution >= 4 is 34.0 Å². The van der Waals surface area contributed by atoms with Crippen molar-refractivity contribution in [2.75, 3.05) is 13.2 Å². The number of rotatable bonds is 18. The zero-order valence-electron chi connectivity index (χ0n) is 24.8. The summed E-state index contributed by atoms with van der Waals surface area (Å²) in [5, 5.41) is 15.0. The van der Waals surface area contributed by atoms with Gasteiger partial charge in [-0.2, -0.15) is 0 Å². The quantitative estimate of drug-likeness (QED) is 0.141. The molecule has 1 aromatic rings. The fourth-order valence-electron chi connectivity index (χ4n) is 3.67. The van der Waals surface area contributed by atoms with Gasteiger partial charge in [0.25, 0.3) is 0 Å². The number of benzene rings is 1. The summed E-state index contributed by atoms with van der Waals surface area (Å²) in [5.41, 5.74) is -0.380. The number of hydrogen-bond acceptors (Lipinski definition) is 9. The zero-order chi connectivity index (χ0) is 30.7. The molecule has 0 aliphatic rings. The number of ether oxygens (including phenoxy) is 2. The number of unbranched alkanes of at least 4 members (excludes halogenated alkanes) is 2. The molecule has 0 aliphatic heterocycles. The second-order valence-corrected chi connectivity index (χ2v) is 11.0. The summed E-state index contributed by atoms with van der Waals surface area (Å²) in [7, 11) is -5.01. The Morgan fingerprint density at radius 1 is 0.805 bits per heavy atom. The van der Waals surface area contributed by atoms with E-state index in [-0.39, 0.29) is 65.7 Å². The molecule has 11 nitrogen and oxygen atoms in total. The molecule has 1 aromatic carbocycles. The van der Waals surface area contributed by atoms with Crippen LogP contribution >= 0.6 is 0 Å². The standard InChI is InChI=1S/C20H38O7S.C8H6O4.Na/c1-5-9-11-16(7-3)14-26-19(21)13-18(28(23,24)25)20(22)27-15-17(8-4)12-10-6-2;9-7(10)5-3-1-2-4-6(5)8(11)12;/h16-18H,5-15H2,1-4H3,(H,23,24,25);1-4H,(H,9,10)(H,11,12);/q;;+1/p-1. The van der Waals surface area contributed by atoms with Gasteiger partial charge in [0.1, 0.15) is 10.1 Å². The van der Waals surface area contributed by atoms with E-state index in [0.717, 1.165) is 51.4 Å². The fourth-order valence-corrected chi connectivity index (χ4v) is 4.31. The molecule has 228 valence electrons. The molecule has 0 aliphatic carbocycles. The number of hydrogen-bond donors (Lipinski definition) is 2. The molecule has 0 saturated heterocycles. The Bertz CT molecular complexity index is 1010. The smallest absolute Gasteiger partial charge is 0.747 e. The van der Waals surface area contributed by atoms with Gasteiger partial charge < -0.3 is 24.2 Å². The molecule has 1 rings (SSSR count). The summed E-state index contributed by atoms with van der Waals surface area (Å²) in [5.74, 6) is -4.20. The largest absolute Gasteiger partial charge is 1.00 e. The van der Waals surface area contributed by atoms with Crippen LogP contribution in [0.15, 0.2) is 24.3 Å². The van der Waals surface area contributed by atoms with Crippen LogP contribution < -0.4 is 29.6 Å². The van der Waals surface area contributed by atoms with Crippen molar-refractivity contribution in [1.29, 1.82) is 0 Å². The monoisotopic (exact) mass is 610 g/mol. The van der Waals surface area contributed by atoms with E-state index in [1.165, 1.54) is 24.3 Å². The fraction of sp³-hybridized carbons (Fsp3) is 0.643. The maximum absolute atomic E-state index is 12.1. The van der Waals surface area contributed by atoms with E-state index in [1.807, 2.05) is 13.8 Å². The molecule has 0 bridgehead atoms. The van der Waals surface area contributed by atoms with E-state index < -0.39 is 45.7 Å². The minimum atomic E-state index is -5.01. The van der Waals surface area contributed by atoms with Crippen molar-refractivity contribution < 1.29 is 81.4 Å². The van der Waals surface area contributed by atoms with Crippen molar-refractivity contribution in [1.82, 2.24) is 0 Å². The van der Waals surface area contributed by atoms with Gasteiger partial charge in [0.05, 0.1) is 30.8 Å². The third-order valence-electron chi connectivity index (χ3n) is 6.38. The minimum absolute atomic E-state index is 0. The predicted molar refractivity (Wildman–Crippen MR) is 147 cm³/mol. The first kappa shape index (κ1) is 41.1. The number of carbonyl (C=O) groups excluding carboxylic acids is 2. The van der Waals surface area contributed by atoms with Crippen molar-refractivity contribution in [2.24, 2.45) is 11.8 Å². The number of carboxylic acids is 2. The molecule has 0 aromatic heterocycles. The first-order valence-corrected chi connectivity index (χ1v) is 15.1. The molecule has 0 fully saturated rings. The molecular formula is C28H43NaO11S. The third-order valence-corrected chi connectivity index (χ3v) is 7.44. The van der Waals surface area contributed by atoms with Crippen LogP contribution in [0.2, 0.25) is 0 Å². The first-order valence-electron chi connectivity index (χ1n) is 13.6. The normalized spacial score (nSPS) is 12.9. The van der Waals surface area contributed by atoms with E-state index in [9.17, 15) is 32.1 Å². The van der Waals surface area contributed by atoms with Gasteiger partial charge in [-0.1, -0.05) is 78.4 Å². The zero-order valence-corrected chi connectivity index (χ0v) is 27.6. The van der Waals surface area contributed by atoms with Crippen LogP contribution in [0.25, 0.3) is 0 Å².